The molecular formula is C17H33NO2S. The zero-order valence-electron chi connectivity index (χ0n) is 14.2. The molecule has 1 saturated heterocycles. The molecule has 124 valence electrons. The summed E-state index contributed by atoms with van der Waals surface area (Å²) in [7, 11) is -0.722. The van der Waals surface area contributed by atoms with Crippen molar-refractivity contribution in [3.05, 3.63) is 0 Å². The van der Waals surface area contributed by atoms with E-state index in [1.165, 1.54) is 12.8 Å². The first-order valence-corrected chi connectivity index (χ1v) is 9.91. The van der Waals surface area contributed by atoms with Crippen LogP contribution in [-0.2, 0) is 15.5 Å². The first kappa shape index (κ1) is 17.4. The van der Waals surface area contributed by atoms with Gasteiger partial charge in [-0.1, -0.05) is 27.7 Å². The second-order valence-corrected chi connectivity index (χ2v) is 9.65. The lowest BCUT2D eigenvalue weighted by molar-refractivity contribution is 0.0985. The molecule has 3 nitrogen and oxygen atoms in total. The van der Waals surface area contributed by atoms with Crippen molar-refractivity contribution in [1.82, 2.24) is 5.32 Å². The summed E-state index contributed by atoms with van der Waals surface area (Å²) in [6.07, 6.45) is 5.51. The van der Waals surface area contributed by atoms with Gasteiger partial charge in [0.2, 0.25) is 0 Å². The molecule has 1 aliphatic carbocycles. The van der Waals surface area contributed by atoms with Crippen molar-refractivity contribution in [3.63, 3.8) is 0 Å². The summed E-state index contributed by atoms with van der Waals surface area (Å²) in [6, 6.07) is 0.442. The summed E-state index contributed by atoms with van der Waals surface area (Å²) < 4.78 is 18.6. The Kier molecular flexibility index (Phi) is 6.27. The molecule has 4 unspecified atom stereocenters. The van der Waals surface area contributed by atoms with Crippen LogP contribution in [0.25, 0.3) is 0 Å². The Hall–Kier alpha value is 0.0700. The molecular weight excluding hydrogens is 282 g/mol. The van der Waals surface area contributed by atoms with E-state index in [1.54, 1.807) is 0 Å². The lowest BCUT2D eigenvalue weighted by Crippen LogP contribution is -2.50. The number of hydrogen-bond acceptors (Lipinski definition) is 3. The fourth-order valence-corrected chi connectivity index (χ4v) is 5.95. The van der Waals surface area contributed by atoms with E-state index >= 15 is 0 Å². The Morgan fingerprint density at radius 1 is 1.14 bits per heavy atom. The Morgan fingerprint density at radius 3 is 2.38 bits per heavy atom. The predicted molar refractivity (Wildman–Crippen MR) is 90.0 cm³/mol. The van der Waals surface area contributed by atoms with Crippen LogP contribution in [-0.4, -0.2) is 40.5 Å². The van der Waals surface area contributed by atoms with E-state index in [9.17, 15) is 4.21 Å². The predicted octanol–water partition coefficient (Wildman–Crippen LogP) is 3.11. The van der Waals surface area contributed by atoms with Gasteiger partial charge >= 0.3 is 0 Å². The Bertz CT molecular complexity index is 347. The van der Waals surface area contributed by atoms with Gasteiger partial charge in [0.1, 0.15) is 0 Å². The van der Waals surface area contributed by atoms with Crippen molar-refractivity contribution in [2.24, 2.45) is 11.3 Å². The highest BCUT2D eigenvalue weighted by Gasteiger charge is 2.40. The van der Waals surface area contributed by atoms with Crippen LogP contribution in [0, 0.1) is 11.3 Å². The molecule has 1 aliphatic heterocycles. The molecule has 0 aromatic carbocycles. The molecule has 0 aromatic rings. The molecule has 1 heterocycles. The molecule has 21 heavy (non-hydrogen) atoms. The van der Waals surface area contributed by atoms with E-state index < -0.39 is 10.8 Å². The van der Waals surface area contributed by atoms with Crippen LogP contribution in [0.3, 0.4) is 0 Å². The standard InChI is InChI=1S/C17H33NO2S/c1-5-18-15-7-6-13(17(2,3)4)12-16(15)21(19)14-8-10-20-11-9-14/h13-16,18H,5-12H2,1-4H3. The van der Waals surface area contributed by atoms with Crippen LogP contribution < -0.4 is 5.32 Å². The van der Waals surface area contributed by atoms with E-state index in [0.29, 0.717) is 27.9 Å². The first-order chi connectivity index (χ1) is 9.93. The first-order valence-electron chi connectivity index (χ1n) is 8.64. The third kappa shape index (κ3) is 4.52. The molecule has 0 amide bonds. The summed E-state index contributed by atoms with van der Waals surface area (Å²) in [5.41, 5.74) is 0.329. The topological polar surface area (TPSA) is 38.3 Å². The molecule has 4 heteroatoms. The third-order valence-corrected chi connectivity index (χ3v) is 7.52. The molecule has 2 aliphatic rings. The van der Waals surface area contributed by atoms with Crippen molar-refractivity contribution in [3.8, 4) is 0 Å². The summed E-state index contributed by atoms with van der Waals surface area (Å²) in [6.45, 7) is 11.7. The van der Waals surface area contributed by atoms with Crippen LogP contribution in [0.1, 0.15) is 59.8 Å². The van der Waals surface area contributed by atoms with Crippen LogP contribution >= 0.6 is 0 Å². The zero-order chi connectivity index (χ0) is 15.5. The molecule has 0 spiro atoms. The largest absolute Gasteiger partial charge is 0.381 e. The highest BCUT2D eigenvalue weighted by Crippen LogP contribution is 2.40. The summed E-state index contributed by atoms with van der Waals surface area (Å²) >= 11 is 0. The minimum atomic E-state index is -0.722. The minimum Gasteiger partial charge on any atom is -0.381 e. The monoisotopic (exact) mass is 315 g/mol. The maximum Gasteiger partial charge on any atom is 0.0506 e. The zero-order valence-corrected chi connectivity index (χ0v) is 15.0. The smallest absolute Gasteiger partial charge is 0.0506 e. The second kappa shape index (κ2) is 7.56. The highest BCUT2D eigenvalue weighted by molar-refractivity contribution is 7.86. The molecule has 0 bridgehead atoms. The number of rotatable bonds is 4. The summed E-state index contributed by atoms with van der Waals surface area (Å²) in [5.74, 6) is 0.696. The molecule has 0 aromatic heterocycles. The molecule has 0 radical (unpaired) electrons. The van der Waals surface area contributed by atoms with Crippen LogP contribution in [0.5, 0.6) is 0 Å². The van der Waals surface area contributed by atoms with Gasteiger partial charge in [-0.05, 0) is 50.0 Å². The Labute approximate surface area is 133 Å². The van der Waals surface area contributed by atoms with Crippen LogP contribution in [0.2, 0.25) is 0 Å². The van der Waals surface area contributed by atoms with Gasteiger partial charge in [-0.2, -0.15) is 0 Å². The molecule has 1 saturated carbocycles. The van der Waals surface area contributed by atoms with Gasteiger partial charge in [-0.3, -0.25) is 4.21 Å². The summed E-state index contributed by atoms with van der Waals surface area (Å²) in [4.78, 5) is 0. The van der Waals surface area contributed by atoms with E-state index in [0.717, 1.165) is 39.0 Å². The normalized spacial score (nSPS) is 33.8. The average molecular weight is 316 g/mol. The quantitative estimate of drug-likeness (QED) is 0.866. The van der Waals surface area contributed by atoms with Crippen molar-refractivity contribution in [1.29, 1.82) is 0 Å². The van der Waals surface area contributed by atoms with Crippen molar-refractivity contribution in [2.75, 3.05) is 19.8 Å². The van der Waals surface area contributed by atoms with Gasteiger partial charge < -0.3 is 10.1 Å². The van der Waals surface area contributed by atoms with Gasteiger partial charge in [0.05, 0.1) is 5.25 Å². The van der Waals surface area contributed by atoms with Gasteiger partial charge in [0.15, 0.2) is 0 Å². The van der Waals surface area contributed by atoms with Crippen LogP contribution in [0.15, 0.2) is 0 Å². The lowest BCUT2D eigenvalue weighted by atomic mass is 9.71. The van der Waals surface area contributed by atoms with E-state index in [-0.39, 0.29) is 0 Å². The number of nitrogens with one attached hydrogen (secondary N) is 1. The summed E-state index contributed by atoms with van der Waals surface area (Å²) in [5, 5.41) is 4.28. The number of hydrogen-bond donors (Lipinski definition) is 1. The minimum absolute atomic E-state index is 0.325. The lowest BCUT2D eigenvalue weighted by Gasteiger charge is -2.43. The Morgan fingerprint density at radius 2 is 1.81 bits per heavy atom. The number of ether oxygens (including phenoxy) is 1. The average Bonchev–Trinajstić information content (AvgIpc) is 2.47. The van der Waals surface area contributed by atoms with Crippen molar-refractivity contribution >= 4 is 10.8 Å². The fourth-order valence-electron chi connectivity index (χ4n) is 3.82. The highest BCUT2D eigenvalue weighted by atomic mass is 32.2. The molecule has 2 rings (SSSR count). The SMILES string of the molecule is CCNC1CCC(C(C)(C)C)CC1S(=O)C1CCOCC1. The van der Waals surface area contributed by atoms with Crippen LogP contribution in [0.4, 0.5) is 0 Å². The van der Waals surface area contributed by atoms with Gasteiger partial charge in [0, 0.05) is 35.3 Å². The molecule has 1 N–H and O–H groups in total. The fraction of sp³-hybridized carbons (Fsp3) is 1.00. The van der Waals surface area contributed by atoms with Crippen molar-refractivity contribution in [2.45, 2.75) is 76.3 Å². The maximum atomic E-state index is 13.1. The van der Waals surface area contributed by atoms with Gasteiger partial charge in [0.25, 0.3) is 0 Å². The van der Waals surface area contributed by atoms with E-state index in [2.05, 4.69) is 33.0 Å². The second-order valence-electron chi connectivity index (χ2n) is 7.72. The van der Waals surface area contributed by atoms with Gasteiger partial charge in [-0.15, -0.1) is 0 Å². The molecule has 4 atom stereocenters. The Balaban J connectivity index is 2.07. The third-order valence-electron chi connectivity index (χ3n) is 5.28. The maximum absolute atomic E-state index is 13.1. The van der Waals surface area contributed by atoms with E-state index in [4.69, 9.17) is 4.74 Å². The van der Waals surface area contributed by atoms with Crippen molar-refractivity contribution < 1.29 is 8.95 Å². The van der Waals surface area contributed by atoms with Gasteiger partial charge in [-0.25, -0.2) is 0 Å². The van der Waals surface area contributed by atoms with E-state index in [1.807, 2.05) is 0 Å². The molecule has 2 fully saturated rings.